The summed E-state index contributed by atoms with van der Waals surface area (Å²) in [6.45, 7) is 9.20. The van der Waals surface area contributed by atoms with Crippen LogP contribution in [0.5, 0.6) is 0 Å². The summed E-state index contributed by atoms with van der Waals surface area (Å²) in [6.07, 6.45) is -0.0721. The lowest BCUT2D eigenvalue weighted by Crippen LogP contribution is -2.53. The van der Waals surface area contributed by atoms with E-state index in [0.29, 0.717) is 0 Å². The number of hydrogen-bond acceptors (Lipinski definition) is 5. The quantitative estimate of drug-likeness (QED) is 0.664. The van der Waals surface area contributed by atoms with Gasteiger partial charge in [0.1, 0.15) is 11.6 Å². The Labute approximate surface area is 127 Å². The minimum Gasteiger partial charge on any atom is -0.480 e. The molecule has 0 radical (unpaired) electrons. The molecule has 4 atom stereocenters. The van der Waals surface area contributed by atoms with Crippen molar-refractivity contribution in [3.05, 3.63) is 0 Å². The van der Waals surface area contributed by atoms with E-state index >= 15 is 0 Å². The molecule has 2 N–H and O–H groups in total. The molecule has 0 aliphatic rings. The molecule has 0 aromatic rings. The largest absolute Gasteiger partial charge is 0.480 e. The van der Waals surface area contributed by atoms with Crippen molar-refractivity contribution in [2.45, 2.75) is 58.8 Å². The molecule has 0 saturated carbocycles. The molecule has 0 aliphatic heterocycles. The molecule has 0 bridgehead atoms. The lowest BCUT2D eigenvalue weighted by Gasteiger charge is -2.34. The van der Waals surface area contributed by atoms with E-state index < -0.39 is 35.6 Å². The summed E-state index contributed by atoms with van der Waals surface area (Å²) in [4.78, 5) is 23.8. The Hall–Kier alpha value is -1.14. The molecule has 1 unspecified atom stereocenters. The molecule has 0 aliphatic carbocycles. The van der Waals surface area contributed by atoms with Crippen molar-refractivity contribution in [2.24, 2.45) is 11.8 Å². The number of hydrogen-bond donors (Lipinski definition) is 2. The molecular formula is C15H29NO5. The van der Waals surface area contributed by atoms with E-state index in [-0.39, 0.29) is 5.92 Å². The molecular weight excluding hydrogens is 274 g/mol. The highest BCUT2D eigenvalue weighted by Crippen LogP contribution is 2.27. The van der Waals surface area contributed by atoms with Crippen LogP contribution < -0.4 is 5.32 Å². The molecule has 124 valence electrons. The van der Waals surface area contributed by atoms with Crippen LogP contribution in [-0.4, -0.2) is 48.9 Å². The SMILES string of the molecule is CC[C@H](C)[C@H](C(=O)OC(C)(C)C)[C@@H](OC)C(NC)C(=O)O. The van der Waals surface area contributed by atoms with Gasteiger partial charge in [0.15, 0.2) is 0 Å². The summed E-state index contributed by atoms with van der Waals surface area (Å²) in [5.41, 5.74) is -0.626. The van der Waals surface area contributed by atoms with Crippen molar-refractivity contribution in [3.8, 4) is 0 Å². The van der Waals surface area contributed by atoms with Crippen LogP contribution >= 0.6 is 0 Å². The first-order valence-electron chi connectivity index (χ1n) is 7.24. The molecule has 0 spiro atoms. The summed E-state index contributed by atoms with van der Waals surface area (Å²) in [6, 6.07) is -0.971. The van der Waals surface area contributed by atoms with Crippen LogP contribution in [0.4, 0.5) is 0 Å². The van der Waals surface area contributed by atoms with Gasteiger partial charge < -0.3 is 19.9 Å². The minimum absolute atomic E-state index is 0.0556. The van der Waals surface area contributed by atoms with Gasteiger partial charge in [0.05, 0.1) is 12.0 Å². The van der Waals surface area contributed by atoms with Crippen molar-refractivity contribution in [2.75, 3.05) is 14.2 Å². The molecule has 0 amide bonds. The van der Waals surface area contributed by atoms with Crippen molar-refractivity contribution in [1.82, 2.24) is 5.32 Å². The fourth-order valence-electron chi connectivity index (χ4n) is 2.23. The number of carbonyl (C=O) groups is 2. The van der Waals surface area contributed by atoms with Gasteiger partial charge in [-0.25, -0.2) is 0 Å². The molecule has 0 saturated heterocycles. The second kappa shape index (κ2) is 8.34. The molecule has 0 fully saturated rings. The maximum atomic E-state index is 12.5. The number of aliphatic carboxylic acids is 1. The molecule has 6 heteroatoms. The molecule has 21 heavy (non-hydrogen) atoms. The van der Waals surface area contributed by atoms with E-state index in [1.807, 2.05) is 13.8 Å². The third-order valence-corrected chi connectivity index (χ3v) is 3.47. The number of carbonyl (C=O) groups excluding carboxylic acids is 1. The monoisotopic (exact) mass is 303 g/mol. The number of nitrogens with one attached hydrogen (secondary N) is 1. The summed E-state index contributed by atoms with van der Waals surface area (Å²) in [5, 5.41) is 12.0. The Morgan fingerprint density at radius 2 is 1.81 bits per heavy atom. The van der Waals surface area contributed by atoms with Crippen molar-refractivity contribution in [1.29, 1.82) is 0 Å². The Kier molecular flexibility index (Phi) is 7.89. The lowest BCUT2D eigenvalue weighted by molar-refractivity contribution is -0.170. The predicted octanol–water partition coefficient (Wildman–Crippen LogP) is 1.68. The normalized spacial score (nSPS) is 17.7. The van der Waals surface area contributed by atoms with Crippen LogP contribution in [0, 0.1) is 11.8 Å². The predicted molar refractivity (Wildman–Crippen MR) is 80.1 cm³/mol. The van der Waals surface area contributed by atoms with Crippen LogP contribution in [0.3, 0.4) is 0 Å². The number of carboxylic acid groups (broad SMARTS) is 1. The van der Waals surface area contributed by atoms with Crippen LogP contribution in [0.1, 0.15) is 41.0 Å². The minimum atomic E-state index is -1.05. The van der Waals surface area contributed by atoms with E-state index in [9.17, 15) is 14.7 Å². The molecule has 6 nitrogen and oxygen atoms in total. The summed E-state index contributed by atoms with van der Waals surface area (Å²) < 4.78 is 10.8. The van der Waals surface area contributed by atoms with Gasteiger partial charge in [-0.1, -0.05) is 20.3 Å². The van der Waals surface area contributed by atoms with Crippen molar-refractivity contribution in [3.63, 3.8) is 0 Å². The van der Waals surface area contributed by atoms with E-state index in [2.05, 4.69) is 5.32 Å². The topological polar surface area (TPSA) is 84.9 Å². The third-order valence-electron chi connectivity index (χ3n) is 3.47. The molecule has 0 aromatic carbocycles. The number of likely N-dealkylation sites (N-methyl/N-ethyl adjacent to an activating group) is 1. The fraction of sp³-hybridized carbons (Fsp3) is 0.867. The van der Waals surface area contributed by atoms with Gasteiger partial charge in [0.2, 0.25) is 0 Å². The summed E-state index contributed by atoms with van der Waals surface area (Å²) >= 11 is 0. The second-order valence-electron chi connectivity index (χ2n) is 6.25. The highest BCUT2D eigenvalue weighted by molar-refractivity contribution is 5.78. The number of ether oxygens (including phenoxy) is 2. The zero-order chi connectivity index (χ0) is 16.8. The van der Waals surface area contributed by atoms with E-state index in [0.717, 1.165) is 6.42 Å². The van der Waals surface area contributed by atoms with Gasteiger partial charge in [-0.15, -0.1) is 0 Å². The number of carboxylic acids is 1. The maximum Gasteiger partial charge on any atom is 0.323 e. The standard InChI is InChI=1S/C15H29NO5/c1-8-9(2)10(14(19)21-15(3,4)5)12(20-7)11(16-6)13(17)18/h9-12,16H,8H2,1-7H3,(H,17,18)/t9-,10-,11?,12+/m0/s1. The van der Waals surface area contributed by atoms with Gasteiger partial charge >= 0.3 is 11.9 Å². The number of esters is 1. The summed E-state index contributed by atoms with van der Waals surface area (Å²) in [7, 11) is 2.95. The van der Waals surface area contributed by atoms with Gasteiger partial charge in [0.25, 0.3) is 0 Å². The Morgan fingerprint density at radius 1 is 1.29 bits per heavy atom. The van der Waals surface area contributed by atoms with Crippen LogP contribution in [0.2, 0.25) is 0 Å². The molecule has 0 aromatic heterocycles. The average molecular weight is 303 g/mol. The second-order valence-corrected chi connectivity index (χ2v) is 6.25. The van der Waals surface area contributed by atoms with Crippen molar-refractivity contribution < 1.29 is 24.2 Å². The maximum absolute atomic E-state index is 12.5. The molecule has 0 rings (SSSR count). The molecule has 0 heterocycles. The number of methoxy groups -OCH3 is 1. The van der Waals surface area contributed by atoms with E-state index in [1.165, 1.54) is 14.2 Å². The third kappa shape index (κ3) is 6.01. The fourth-order valence-corrected chi connectivity index (χ4v) is 2.23. The van der Waals surface area contributed by atoms with Gasteiger partial charge in [-0.05, 0) is 33.7 Å². The van der Waals surface area contributed by atoms with Crippen LogP contribution in [-0.2, 0) is 19.1 Å². The van der Waals surface area contributed by atoms with Crippen LogP contribution in [0.15, 0.2) is 0 Å². The smallest absolute Gasteiger partial charge is 0.323 e. The average Bonchev–Trinajstić information content (AvgIpc) is 2.35. The lowest BCUT2D eigenvalue weighted by atomic mass is 9.83. The van der Waals surface area contributed by atoms with E-state index in [1.54, 1.807) is 20.8 Å². The highest BCUT2D eigenvalue weighted by Gasteiger charge is 2.42. The first-order chi connectivity index (χ1) is 9.58. The Bertz CT molecular complexity index is 350. The zero-order valence-corrected chi connectivity index (χ0v) is 14.1. The number of rotatable bonds is 8. The van der Waals surface area contributed by atoms with Gasteiger partial charge in [0, 0.05) is 7.11 Å². The van der Waals surface area contributed by atoms with E-state index in [4.69, 9.17) is 9.47 Å². The highest BCUT2D eigenvalue weighted by atomic mass is 16.6. The Morgan fingerprint density at radius 3 is 2.10 bits per heavy atom. The van der Waals surface area contributed by atoms with Gasteiger partial charge in [-0.3, -0.25) is 9.59 Å². The zero-order valence-electron chi connectivity index (χ0n) is 14.1. The van der Waals surface area contributed by atoms with Crippen LogP contribution in [0.25, 0.3) is 0 Å². The van der Waals surface area contributed by atoms with Crippen molar-refractivity contribution >= 4 is 11.9 Å². The Balaban J connectivity index is 5.46. The first-order valence-corrected chi connectivity index (χ1v) is 7.24. The summed E-state index contributed by atoms with van der Waals surface area (Å²) in [5.74, 6) is -2.18. The van der Waals surface area contributed by atoms with Gasteiger partial charge in [-0.2, -0.15) is 0 Å². The first kappa shape index (κ1) is 19.9.